The number of ether oxygens (including phenoxy) is 1. The first kappa shape index (κ1) is 19.5. The molecule has 4 aromatic rings. The van der Waals surface area contributed by atoms with Crippen LogP contribution in [0.3, 0.4) is 0 Å². The molecule has 9 nitrogen and oxygen atoms in total. The van der Waals surface area contributed by atoms with E-state index in [2.05, 4.69) is 35.8 Å². The van der Waals surface area contributed by atoms with Crippen molar-refractivity contribution < 1.29 is 9.53 Å². The van der Waals surface area contributed by atoms with Crippen molar-refractivity contribution in [3.63, 3.8) is 0 Å². The molecule has 0 saturated heterocycles. The van der Waals surface area contributed by atoms with E-state index < -0.39 is 6.03 Å². The van der Waals surface area contributed by atoms with Gasteiger partial charge in [-0.25, -0.2) is 9.78 Å². The number of rotatable bonds is 6. The molecule has 0 aliphatic heterocycles. The highest BCUT2D eigenvalue weighted by Crippen LogP contribution is 2.27. The second-order valence-electron chi connectivity index (χ2n) is 6.73. The number of fused-ring (bicyclic) bond motifs is 1. The van der Waals surface area contributed by atoms with Crippen LogP contribution in [-0.4, -0.2) is 44.9 Å². The minimum atomic E-state index is -0.404. The maximum Gasteiger partial charge on any atom is 0.321 e. The Bertz CT molecular complexity index is 1160. The van der Waals surface area contributed by atoms with Gasteiger partial charge in [-0.3, -0.25) is 20.4 Å². The van der Waals surface area contributed by atoms with Gasteiger partial charge in [0, 0.05) is 48.4 Å². The first-order valence-electron chi connectivity index (χ1n) is 9.38. The number of hydrogen-bond acceptors (Lipinski definition) is 6. The number of amides is 2. The number of aromatic amines is 1. The maximum absolute atomic E-state index is 12.5. The summed E-state index contributed by atoms with van der Waals surface area (Å²) in [5, 5.41) is 13.9. The smallest absolute Gasteiger partial charge is 0.321 e. The minimum Gasteiger partial charge on any atom is -0.382 e. The lowest BCUT2D eigenvalue weighted by molar-refractivity contribution is 0.166. The van der Waals surface area contributed by atoms with Gasteiger partial charge < -0.3 is 10.1 Å². The predicted octanol–water partition coefficient (Wildman–Crippen LogP) is 3.23. The first-order valence-corrected chi connectivity index (χ1v) is 9.38. The van der Waals surface area contributed by atoms with Crippen molar-refractivity contribution in [2.24, 2.45) is 0 Å². The number of carbonyl (C=O) groups is 1. The Kier molecular flexibility index (Phi) is 5.62. The largest absolute Gasteiger partial charge is 0.382 e. The highest BCUT2D eigenvalue weighted by atomic mass is 16.5. The molecule has 30 heavy (non-hydrogen) atoms. The van der Waals surface area contributed by atoms with Crippen LogP contribution in [0.5, 0.6) is 0 Å². The number of nitrogens with zero attached hydrogens (tertiary/aromatic N) is 4. The highest BCUT2D eigenvalue weighted by Gasteiger charge is 2.16. The molecule has 0 aromatic carbocycles. The second-order valence-corrected chi connectivity index (χ2v) is 6.73. The number of anilines is 1. The number of pyridine rings is 3. The van der Waals surface area contributed by atoms with E-state index in [4.69, 9.17) is 4.74 Å². The summed E-state index contributed by atoms with van der Waals surface area (Å²) >= 11 is 0. The normalized spacial score (nSPS) is 11.9. The zero-order valence-corrected chi connectivity index (χ0v) is 16.6. The lowest BCUT2D eigenvalue weighted by atomic mass is 10.1. The van der Waals surface area contributed by atoms with E-state index in [1.165, 1.54) is 0 Å². The molecule has 4 aromatic heterocycles. The Morgan fingerprint density at radius 1 is 1.17 bits per heavy atom. The highest BCUT2D eigenvalue weighted by molar-refractivity contribution is 5.95. The number of aryl methyl sites for hydroxylation is 1. The van der Waals surface area contributed by atoms with Crippen LogP contribution in [0.25, 0.3) is 22.2 Å². The summed E-state index contributed by atoms with van der Waals surface area (Å²) in [5.74, 6) is 0.401. The van der Waals surface area contributed by atoms with Crippen LogP contribution in [-0.2, 0) is 4.74 Å². The molecule has 0 fully saturated rings. The minimum absolute atomic E-state index is 0.298. The summed E-state index contributed by atoms with van der Waals surface area (Å²) in [5.41, 5.74) is 4.12. The monoisotopic (exact) mass is 403 g/mol. The van der Waals surface area contributed by atoms with E-state index in [0.717, 1.165) is 27.9 Å². The number of aromatic nitrogens is 5. The lowest BCUT2D eigenvalue weighted by Gasteiger charge is -2.17. The molecule has 4 heterocycles. The van der Waals surface area contributed by atoms with E-state index in [0.29, 0.717) is 18.1 Å². The Labute approximate surface area is 172 Å². The van der Waals surface area contributed by atoms with Gasteiger partial charge in [-0.05, 0) is 31.2 Å². The van der Waals surface area contributed by atoms with E-state index in [9.17, 15) is 4.79 Å². The molecule has 1 atom stereocenters. The van der Waals surface area contributed by atoms with Gasteiger partial charge >= 0.3 is 6.03 Å². The van der Waals surface area contributed by atoms with E-state index >= 15 is 0 Å². The molecule has 0 unspecified atom stereocenters. The summed E-state index contributed by atoms with van der Waals surface area (Å²) < 4.78 is 5.20. The van der Waals surface area contributed by atoms with Crippen LogP contribution in [0, 0.1) is 6.92 Å². The molecule has 3 N–H and O–H groups in total. The Morgan fingerprint density at radius 3 is 2.83 bits per heavy atom. The van der Waals surface area contributed by atoms with Crippen molar-refractivity contribution in [1.29, 1.82) is 0 Å². The Balaban J connectivity index is 1.50. The molecule has 0 aliphatic carbocycles. The topological polar surface area (TPSA) is 118 Å². The van der Waals surface area contributed by atoms with Crippen molar-refractivity contribution in [3.05, 3.63) is 66.4 Å². The zero-order valence-electron chi connectivity index (χ0n) is 16.6. The van der Waals surface area contributed by atoms with E-state index in [1.807, 2.05) is 37.3 Å². The average molecular weight is 403 g/mol. The zero-order chi connectivity index (χ0) is 20.9. The SMILES string of the molecule is COC[C@@H](NC(=O)Nc1cc2[nH]nc(-c3ccnc(C)c3)c2cn1)c1ccccn1. The first-order chi connectivity index (χ1) is 14.6. The van der Waals surface area contributed by atoms with Gasteiger partial charge in [0.05, 0.1) is 23.9 Å². The molecule has 9 heteroatoms. The maximum atomic E-state index is 12.5. The molecular formula is C21H21N7O2. The van der Waals surface area contributed by atoms with Crippen LogP contribution in [0.2, 0.25) is 0 Å². The second kappa shape index (κ2) is 8.66. The molecule has 0 aliphatic rings. The van der Waals surface area contributed by atoms with Gasteiger partial charge in [-0.2, -0.15) is 5.10 Å². The van der Waals surface area contributed by atoms with Crippen LogP contribution in [0.4, 0.5) is 10.6 Å². The van der Waals surface area contributed by atoms with Crippen molar-refractivity contribution in [2.75, 3.05) is 19.0 Å². The van der Waals surface area contributed by atoms with Crippen LogP contribution >= 0.6 is 0 Å². The fourth-order valence-electron chi connectivity index (χ4n) is 3.15. The number of urea groups is 1. The average Bonchev–Trinajstić information content (AvgIpc) is 3.17. The van der Waals surface area contributed by atoms with Crippen molar-refractivity contribution in [2.45, 2.75) is 13.0 Å². The summed E-state index contributed by atoms with van der Waals surface area (Å²) in [6.45, 7) is 2.23. The van der Waals surface area contributed by atoms with E-state index in [-0.39, 0.29) is 6.04 Å². The van der Waals surface area contributed by atoms with Crippen LogP contribution in [0.1, 0.15) is 17.4 Å². The third-order valence-corrected chi connectivity index (χ3v) is 4.54. The Hall–Kier alpha value is -3.85. The van der Waals surface area contributed by atoms with Gasteiger partial charge in [0.15, 0.2) is 0 Å². The molecule has 152 valence electrons. The third-order valence-electron chi connectivity index (χ3n) is 4.54. The fraction of sp³-hybridized carbons (Fsp3) is 0.190. The molecular weight excluding hydrogens is 382 g/mol. The molecule has 2 amide bonds. The van der Waals surface area contributed by atoms with Gasteiger partial charge in [-0.1, -0.05) is 6.07 Å². The van der Waals surface area contributed by atoms with Crippen molar-refractivity contribution in [3.8, 4) is 11.3 Å². The molecule has 0 saturated carbocycles. The number of carbonyl (C=O) groups excluding carboxylic acids is 1. The van der Waals surface area contributed by atoms with Gasteiger partial charge in [0.1, 0.15) is 11.5 Å². The fourth-order valence-corrected chi connectivity index (χ4v) is 3.15. The van der Waals surface area contributed by atoms with Crippen LogP contribution in [0.15, 0.2) is 55.0 Å². The molecule has 0 radical (unpaired) electrons. The Morgan fingerprint density at radius 2 is 2.07 bits per heavy atom. The summed E-state index contributed by atoms with van der Waals surface area (Å²) in [4.78, 5) is 25.3. The summed E-state index contributed by atoms with van der Waals surface area (Å²) in [6.07, 6.45) is 5.11. The van der Waals surface area contributed by atoms with Crippen molar-refractivity contribution >= 4 is 22.8 Å². The molecule has 0 spiro atoms. The lowest BCUT2D eigenvalue weighted by Crippen LogP contribution is -2.35. The predicted molar refractivity (Wildman–Crippen MR) is 113 cm³/mol. The van der Waals surface area contributed by atoms with Gasteiger partial charge in [0.25, 0.3) is 0 Å². The molecule has 0 bridgehead atoms. The quantitative estimate of drug-likeness (QED) is 0.455. The van der Waals surface area contributed by atoms with E-state index in [1.54, 1.807) is 31.8 Å². The number of methoxy groups -OCH3 is 1. The van der Waals surface area contributed by atoms with Gasteiger partial charge in [0.2, 0.25) is 0 Å². The third kappa shape index (κ3) is 4.26. The number of H-pyrrole nitrogens is 1. The van der Waals surface area contributed by atoms with Crippen molar-refractivity contribution in [1.82, 2.24) is 30.5 Å². The standard InChI is InChI=1S/C21H21N7O2/c1-13-9-14(6-8-22-13)20-15-11-24-19(10-17(15)27-28-20)26-21(29)25-18(12-30-2)16-5-3-4-7-23-16/h3-11,18H,12H2,1-2H3,(H,27,28)(H2,24,25,26,29)/t18-/m1/s1. The summed E-state index contributed by atoms with van der Waals surface area (Å²) in [6, 6.07) is 10.3. The summed E-state index contributed by atoms with van der Waals surface area (Å²) in [7, 11) is 1.57. The number of hydrogen-bond donors (Lipinski definition) is 3. The van der Waals surface area contributed by atoms with Gasteiger partial charge in [-0.15, -0.1) is 0 Å². The number of nitrogens with one attached hydrogen (secondary N) is 3. The van der Waals surface area contributed by atoms with Crippen LogP contribution < -0.4 is 10.6 Å². The molecule has 4 rings (SSSR count).